The minimum absolute atomic E-state index is 0.0560. The zero-order valence-corrected chi connectivity index (χ0v) is 9.88. The van der Waals surface area contributed by atoms with E-state index in [4.69, 9.17) is 6.42 Å². The van der Waals surface area contributed by atoms with Crippen LogP contribution < -0.4 is 5.32 Å². The van der Waals surface area contributed by atoms with E-state index in [2.05, 4.69) is 27.2 Å². The molecule has 2 nitrogen and oxygen atoms in total. The maximum Gasteiger partial charge on any atom is 0.251 e. The molecule has 0 heterocycles. The Morgan fingerprint density at radius 1 is 1.40 bits per heavy atom. The Balaban J connectivity index is 2.41. The lowest BCUT2D eigenvalue weighted by Gasteiger charge is -2.03. The summed E-state index contributed by atoms with van der Waals surface area (Å²) in [6.45, 7) is 0.624. The van der Waals surface area contributed by atoms with Gasteiger partial charge in [-0.15, -0.1) is 12.3 Å². The lowest BCUT2D eigenvalue weighted by Crippen LogP contribution is -2.24. The molecule has 1 aromatic carbocycles. The van der Waals surface area contributed by atoms with E-state index in [9.17, 15) is 4.79 Å². The molecule has 3 heteroatoms. The van der Waals surface area contributed by atoms with Crippen molar-refractivity contribution in [1.29, 1.82) is 0 Å². The highest BCUT2D eigenvalue weighted by Gasteiger charge is 2.03. The summed E-state index contributed by atoms with van der Waals surface area (Å²) in [5, 5.41) is 2.80. The van der Waals surface area contributed by atoms with Crippen LogP contribution in [0.2, 0.25) is 0 Å². The first kappa shape index (κ1) is 11.8. The number of carbonyl (C=O) groups is 1. The van der Waals surface area contributed by atoms with Crippen molar-refractivity contribution in [3.8, 4) is 12.3 Å². The van der Waals surface area contributed by atoms with Crippen molar-refractivity contribution in [1.82, 2.24) is 5.32 Å². The standard InChI is InChI=1S/C12H12BrNO/c1-2-3-4-9-14-12(15)10-5-7-11(13)8-6-10/h1,5-8H,3-4,9H2,(H,14,15). The minimum Gasteiger partial charge on any atom is -0.352 e. The average molecular weight is 266 g/mol. The highest BCUT2D eigenvalue weighted by molar-refractivity contribution is 9.10. The zero-order chi connectivity index (χ0) is 11.1. The lowest BCUT2D eigenvalue weighted by molar-refractivity contribution is 0.0953. The van der Waals surface area contributed by atoms with Crippen LogP contribution in [0.25, 0.3) is 0 Å². The number of terminal acetylenes is 1. The van der Waals surface area contributed by atoms with Crippen LogP contribution in [-0.4, -0.2) is 12.5 Å². The second-order valence-electron chi connectivity index (χ2n) is 3.07. The quantitative estimate of drug-likeness (QED) is 0.658. The van der Waals surface area contributed by atoms with Crippen LogP contribution in [0.15, 0.2) is 28.7 Å². The molecule has 0 saturated carbocycles. The van der Waals surface area contributed by atoms with Gasteiger partial charge in [0.15, 0.2) is 0 Å². The van der Waals surface area contributed by atoms with Gasteiger partial charge in [0.05, 0.1) is 0 Å². The van der Waals surface area contributed by atoms with E-state index in [0.29, 0.717) is 18.5 Å². The lowest BCUT2D eigenvalue weighted by atomic mass is 10.2. The number of amides is 1. The van der Waals surface area contributed by atoms with E-state index in [1.54, 1.807) is 12.1 Å². The molecule has 0 unspecified atom stereocenters. The Morgan fingerprint density at radius 2 is 2.07 bits per heavy atom. The normalized spacial score (nSPS) is 9.33. The number of hydrogen-bond acceptors (Lipinski definition) is 1. The van der Waals surface area contributed by atoms with Gasteiger partial charge in [-0.3, -0.25) is 4.79 Å². The van der Waals surface area contributed by atoms with Crippen molar-refractivity contribution in [2.24, 2.45) is 0 Å². The Hall–Kier alpha value is -1.27. The van der Waals surface area contributed by atoms with Gasteiger partial charge in [-0.05, 0) is 30.7 Å². The summed E-state index contributed by atoms with van der Waals surface area (Å²) in [6, 6.07) is 7.24. The number of carbonyl (C=O) groups excluding carboxylic acids is 1. The first-order chi connectivity index (χ1) is 7.24. The summed E-state index contributed by atoms with van der Waals surface area (Å²) >= 11 is 3.31. The summed E-state index contributed by atoms with van der Waals surface area (Å²) in [5.74, 6) is 2.48. The Kier molecular flexibility index (Phi) is 4.92. The van der Waals surface area contributed by atoms with Crippen LogP contribution in [0.3, 0.4) is 0 Å². The van der Waals surface area contributed by atoms with E-state index < -0.39 is 0 Å². The van der Waals surface area contributed by atoms with E-state index in [0.717, 1.165) is 10.9 Å². The predicted molar refractivity (Wildman–Crippen MR) is 64.5 cm³/mol. The molecular formula is C12H12BrNO. The van der Waals surface area contributed by atoms with Crippen LogP contribution in [0.5, 0.6) is 0 Å². The van der Waals surface area contributed by atoms with Crippen LogP contribution in [-0.2, 0) is 0 Å². The Bertz CT molecular complexity index is 364. The van der Waals surface area contributed by atoms with Gasteiger partial charge in [-0.2, -0.15) is 0 Å². The summed E-state index contributed by atoms with van der Waals surface area (Å²) in [5.41, 5.74) is 0.666. The predicted octanol–water partition coefficient (Wildman–Crippen LogP) is 2.59. The van der Waals surface area contributed by atoms with Gasteiger partial charge >= 0.3 is 0 Å². The topological polar surface area (TPSA) is 29.1 Å². The van der Waals surface area contributed by atoms with Gasteiger partial charge in [0.1, 0.15) is 0 Å². The minimum atomic E-state index is -0.0560. The molecule has 1 N–H and O–H groups in total. The molecule has 0 atom stereocenters. The van der Waals surface area contributed by atoms with Crippen molar-refractivity contribution < 1.29 is 4.79 Å². The summed E-state index contributed by atoms with van der Waals surface area (Å²) in [4.78, 5) is 11.5. The molecular weight excluding hydrogens is 254 g/mol. The molecule has 0 spiro atoms. The molecule has 1 aromatic rings. The number of nitrogens with one attached hydrogen (secondary N) is 1. The van der Waals surface area contributed by atoms with Crippen molar-refractivity contribution in [2.75, 3.05) is 6.54 Å². The van der Waals surface area contributed by atoms with Gasteiger partial charge in [0.25, 0.3) is 5.91 Å². The van der Waals surface area contributed by atoms with Crippen LogP contribution in [0, 0.1) is 12.3 Å². The SMILES string of the molecule is C#CCCCNC(=O)c1ccc(Br)cc1. The first-order valence-corrected chi connectivity index (χ1v) is 5.50. The van der Waals surface area contributed by atoms with Gasteiger partial charge in [-0.1, -0.05) is 15.9 Å². The number of rotatable bonds is 4. The van der Waals surface area contributed by atoms with E-state index in [-0.39, 0.29) is 5.91 Å². The fourth-order valence-corrected chi connectivity index (χ4v) is 1.36. The second kappa shape index (κ2) is 6.26. The van der Waals surface area contributed by atoms with E-state index in [1.807, 2.05) is 12.1 Å². The third kappa shape index (κ3) is 4.18. The highest BCUT2D eigenvalue weighted by atomic mass is 79.9. The molecule has 0 aliphatic heterocycles. The Labute approximate surface area is 98.2 Å². The van der Waals surface area contributed by atoms with Crippen LogP contribution in [0.1, 0.15) is 23.2 Å². The maximum absolute atomic E-state index is 11.5. The third-order valence-corrected chi connectivity index (χ3v) is 2.42. The number of hydrogen-bond donors (Lipinski definition) is 1. The average Bonchev–Trinajstić information content (AvgIpc) is 2.25. The molecule has 0 bridgehead atoms. The highest BCUT2D eigenvalue weighted by Crippen LogP contribution is 2.10. The zero-order valence-electron chi connectivity index (χ0n) is 8.29. The molecule has 0 fully saturated rings. The third-order valence-electron chi connectivity index (χ3n) is 1.89. The van der Waals surface area contributed by atoms with Gasteiger partial charge < -0.3 is 5.32 Å². The van der Waals surface area contributed by atoms with Gasteiger partial charge in [-0.25, -0.2) is 0 Å². The fraction of sp³-hybridized carbons (Fsp3) is 0.250. The molecule has 0 aliphatic rings. The monoisotopic (exact) mass is 265 g/mol. The van der Waals surface area contributed by atoms with Gasteiger partial charge in [0, 0.05) is 23.0 Å². The van der Waals surface area contributed by atoms with Crippen molar-refractivity contribution in [2.45, 2.75) is 12.8 Å². The molecule has 78 valence electrons. The largest absolute Gasteiger partial charge is 0.352 e. The van der Waals surface area contributed by atoms with Crippen molar-refractivity contribution in [3.63, 3.8) is 0 Å². The van der Waals surface area contributed by atoms with Crippen molar-refractivity contribution in [3.05, 3.63) is 34.3 Å². The number of halogens is 1. The molecule has 0 aromatic heterocycles. The summed E-state index contributed by atoms with van der Waals surface area (Å²) in [7, 11) is 0. The van der Waals surface area contributed by atoms with Gasteiger partial charge in [0.2, 0.25) is 0 Å². The second-order valence-corrected chi connectivity index (χ2v) is 3.99. The van der Waals surface area contributed by atoms with Crippen LogP contribution in [0.4, 0.5) is 0 Å². The molecule has 0 saturated heterocycles. The number of unbranched alkanes of at least 4 members (excludes halogenated alkanes) is 1. The fourth-order valence-electron chi connectivity index (χ4n) is 1.10. The summed E-state index contributed by atoms with van der Waals surface area (Å²) < 4.78 is 0.964. The summed E-state index contributed by atoms with van der Waals surface area (Å²) in [6.07, 6.45) is 6.62. The number of benzene rings is 1. The van der Waals surface area contributed by atoms with Crippen LogP contribution >= 0.6 is 15.9 Å². The molecule has 1 amide bonds. The van der Waals surface area contributed by atoms with Crippen molar-refractivity contribution >= 4 is 21.8 Å². The molecule has 1 rings (SSSR count). The maximum atomic E-state index is 11.5. The Morgan fingerprint density at radius 3 is 2.67 bits per heavy atom. The smallest absolute Gasteiger partial charge is 0.251 e. The first-order valence-electron chi connectivity index (χ1n) is 4.71. The van der Waals surface area contributed by atoms with E-state index in [1.165, 1.54) is 0 Å². The molecule has 0 radical (unpaired) electrons. The molecule has 0 aliphatic carbocycles. The van der Waals surface area contributed by atoms with E-state index >= 15 is 0 Å². The molecule has 15 heavy (non-hydrogen) atoms.